The van der Waals surface area contributed by atoms with Crippen molar-refractivity contribution >= 4 is 35.1 Å². The van der Waals surface area contributed by atoms with E-state index in [1.807, 2.05) is 17.8 Å². The van der Waals surface area contributed by atoms with Gasteiger partial charge in [0.25, 0.3) is 0 Å². The molecule has 0 spiro atoms. The lowest BCUT2D eigenvalue weighted by Crippen LogP contribution is -2.40. The van der Waals surface area contributed by atoms with Gasteiger partial charge in [-0.3, -0.25) is 4.79 Å². The minimum Gasteiger partial charge on any atom is -0.369 e. The molecule has 1 fully saturated rings. The van der Waals surface area contributed by atoms with Crippen molar-refractivity contribution < 1.29 is 4.79 Å². The van der Waals surface area contributed by atoms with Crippen LogP contribution in [0.5, 0.6) is 0 Å². The summed E-state index contributed by atoms with van der Waals surface area (Å²) in [5, 5.41) is 3.43. The van der Waals surface area contributed by atoms with Gasteiger partial charge in [0.1, 0.15) is 0 Å². The number of thioether (sulfide) groups is 1. The largest absolute Gasteiger partial charge is 0.369 e. The molecule has 0 aromatic carbocycles. The first-order chi connectivity index (χ1) is 7.19. The zero-order valence-electron chi connectivity index (χ0n) is 8.97. The van der Waals surface area contributed by atoms with Crippen molar-refractivity contribution in [3.05, 3.63) is 16.3 Å². The molecular weight excluding hydrogens is 226 g/mol. The van der Waals surface area contributed by atoms with Crippen LogP contribution in [-0.2, 0) is 0 Å². The zero-order chi connectivity index (χ0) is 10.8. The topological polar surface area (TPSA) is 20.3 Å². The fourth-order valence-corrected chi connectivity index (χ4v) is 4.00. The van der Waals surface area contributed by atoms with E-state index in [1.54, 1.807) is 0 Å². The van der Waals surface area contributed by atoms with E-state index in [1.165, 1.54) is 17.0 Å². The maximum atomic E-state index is 10.6. The lowest BCUT2D eigenvalue weighted by atomic mass is 10.3. The SMILES string of the molecule is CC1CN(c2csc(C=O)c2)CC(C)S1. The van der Waals surface area contributed by atoms with Crippen LogP contribution in [0, 0.1) is 0 Å². The van der Waals surface area contributed by atoms with Crippen LogP contribution >= 0.6 is 23.1 Å². The van der Waals surface area contributed by atoms with E-state index in [4.69, 9.17) is 0 Å². The van der Waals surface area contributed by atoms with Gasteiger partial charge < -0.3 is 4.90 Å². The van der Waals surface area contributed by atoms with Gasteiger partial charge in [0, 0.05) is 34.7 Å². The highest BCUT2D eigenvalue weighted by Gasteiger charge is 2.22. The van der Waals surface area contributed by atoms with Crippen molar-refractivity contribution in [2.45, 2.75) is 24.3 Å². The number of hydrogen-bond donors (Lipinski definition) is 0. The Morgan fingerprint density at radius 1 is 1.40 bits per heavy atom. The van der Waals surface area contributed by atoms with E-state index < -0.39 is 0 Å². The number of thiophene rings is 1. The first-order valence-corrected chi connectivity index (χ1v) is 6.95. The van der Waals surface area contributed by atoms with E-state index >= 15 is 0 Å². The van der Waals surface area contributed by atoms with E-state index in [-0.39, 0.29) is 0 Å². The molecule has 0 amide bonds. The molecule has 0 bridgehead atoms. The molecule has 1 aliphatic rings. The predicted molar refractivity (Wildman–Crippen MR) is 68.4 cm³/mol. The van der Waals surface area contributed by atoms with Gasteiger partial charge in [0.05, 0.1) is 4.88 Å². The van der Waals surface area contributed by atoms with Crippen LogP contribution in [0.2, 0.25) is 0 Å². The van der Waals surface area contributed by atoms with Crippen molar-refractivity contribution in [2.75, 3.05) is 18.0 Å². The Bertz CT molecular complexity index is 340. The molecule has 2 rings (SSSR count). The molecule has 2 nitrogen and oxygen atoms in total. The van der Waals surface area contributed by atoms with Gasteiger partial charge in [0.15, 0.2) is 6.29 Å². The minimum absolute atomic E-state index is 0.674. The zero-order valence-corrected chi connectivity index (χ0v) is 10.6. The fraction of sp³-hybridized carbons (Fsp3) is 0.545. The molecule has 0 saturated carbocycles. The van der Waals surface area contributed by atoms with Gasteiger partial charge in [0.2, 0.25) is 0 Å². The molecule has 1 aromatic heterocycles. The van der Waals surface area contributed by atoms with Gasteiger partial charge in [-0.05, 0) is 6.07 Å². The maximum absolute atomic E-state index is 10.6. The smallest absolute Gasteiger partial charge is 0.160 e. The Labute approximate surface area is 98.7 Å². The first kappa shape index (κ1) is 11.0. The van der Waals surface area contributed by atoms with Crippen LogP contribution in [0.25, 0.3) is 0 Å². The third-order valence-electron chi connectivity index (χ3n) is 2.51. The van der Waals surface area contributed by atoms with Crippen LogP contribution in [0.4, 0.5) is 5.69 Å². The molecular formula is C11H15NOS2. The van der Waals surface area contributed by atoms with Crippen molar-refractivity contribution in [3.63, 3.8) is 0 Å². The number of carbonyl (C=O) groups is 1. The fourth-order valence-electron chi connectivity index (χ4n) is 1.96. The summed E-state index contributed by atoms with van der Waals surface area (Å²) in [5.41, 5.74) is 1.21. The standard InChI is InChI=1S/C11H15NOS2/c1-8-4-12(5-9(2)15-8)10-3-11(6-13)14-7-10/h3,6-9H,4-5H2,1-2H3. The Kier molecular flexibility index (Phi) is 3.36. The summed E-state index contributed by atoms with van der Waals surface area (Å²) in [7, 11) is 0. The second-order valence-electron chi connectivity index (χ2n) is 3.99. The summed E-state index contributed by atoms with van der Waals surface area (Å²) >= 11 is 3.57. The summed E-state index contributed by atoms with van der Waals surface area (Å²) in [6.45, 7) is 6.70. The number of rotatable bonds is 2. The molecule has 82 valence electrons. The summed E-state index contributed by atoms with van der Waals surface area (Å²) in [6, 6.07) is 1.99. The Hall–Kier alpha value is -0.480. The van der Waals surface area contributed by atoms with Crippen LogP contribution in [0.3, 0.4) is 0 Å². The molecule has 2 unspecified atom stereocenters. The monoisotopic (exact) mass is 241 g/mol. The summed E-state index contributed by atoms with van der Waals surface area (Å²) in [5.74, 6) is 0. The van der Waals surface area contributed by atoms with Crippen LogP contribution in [0.1, 0.15) is 23.5 Å². The Morgan fingerprint density at radius 2 is 2.07 bits per heavy atom. The summed E-state index contributed by atoms with van der Waals surface area (Å²) < 4.78 is 0. The third kappa shape index (κ3) is 2.55. The summed E-state index contributed by atoms with van der Waals surface area (Å²) in [6.07, 6.45) is 0.930. The average Bonchev–Trinajstić information content (AvgIpc) is 2.64. The van der Waals surface area contributed by atoms with Crippen LogP contribution < -0.4 is 4.90 Å². The van der Waals surface area contributed by atoms with Crippen molar-refractivity contribution in [2.24, 2.45) is 0 Å². The Morgan fingerprint density at radius 3 is 2.60 bits per heavy atom. The van der Waals surface area contributed by atoms with E-state index in [9.17, 15) is 4.79 Å². The Balaban J connectivity index is 2.12. The maximum Gasteiger partial charge on any atom is 0.160 e. The van der Waals surface area contributed by atoms with Gasteiger partial charge in [-0.25, -0.2) is 0 Å². The molecule has 15 heavy (non-hydrogen) atoms. The van der Waals surface area contributed by atoms with E-state index in [2.05, 4.69) is 24.1 Å². The molecule has 4 heteroatoms. The number of carbonyl (C=O) groups excluding carboxylic acids is 1. The predicted octanol–water partition coefficient (Wildman–Crippen LogP) is 2.89. The lowest BCUT2D eigenvalue weighted by Gasteiger charge is -2.35. The highest BCUT2D eigenvalue weighted by atomic mass is 32.2. The molecule has 0 radical (unpaired) electrons. The molecule has 2 atom stereocenters. The number of anilines is 1. The number of hydrogen-bond acceptors (Lipinski definition) is 4. The van der Waals surface area contributed by atoms with Crippen molar-refractivity contribution in [1.29, 1.82) is 0 Å². The van der Waals surface area contributed by atoms with Crippen LogP contribution in [-0.4, -0.2) is 29.9 Å². The molecule has 1 saturated heterocycles. The normalized spacial score (nSPS) is 26.7. The molecule has 1 aromatic rings. The minimum atomic E-state index is 0.674. The van der Waals surface area contributed by atoms with Gasteiger partial charge >= 0.3 is 0 Å². The third-order valence-corrected chi connectivity index (χ3v) is 4.58. The van der Waals surface area contributed by atoms with Gasteiger partial charge in [-0.15, -0.1) is 11.3 Å². The van der Waals surface area contributed by atoms with Gasteiger partial charge in [-0.2, -0.15) is 11.8 Å². The van der Waals surface area contributed by atoms with Gasteiger partial charge in [-0.1, -0.05) is 13.8 Å². The summed E-state index contributed by atoms with van der Waals surface area (Å²) in [4.78, 5) is 13.8. The molecule has 2 heterocycles. The first-order valence-electron chi connectivity index (χ1n) is 5.13. The van der Waals surface area contributed by atoms with Crippen molar-refractivity contribution in [1.82, 2.24) is 0 Å². The second-order valence-corrected chi connectivity index (χ2v) is 6.81. The average molecular weight is 241 g/mol. The van der Waals surface area contributed by atoms with E-state index in [0.717, 1.165) is 24.3 Å². The number of aldehydes is 1. The molecule has 1 aliphatic heterocycles. The molecule has 0 N–H and O–H groups in total. The highest BCUT2D eigenvalue weighted by Crippen LogP contribution is 2.30. The van der Waals surface area contributed by atoms with Crippen molar-refractivity contribution in [3.8, 4) is 0 Å². The van der Waals surface area contributed by atoms with E-state index in [0.29, 0.717) is 10.5 Å². The molecule has 0 aliphatic carbocycles. The lowest BCUT2D eigenvalue weighted by molar-refractivity contribution is 0.112. The van der Waals surface area contributed by atoms with Crippen LogP contribution in [0.15, 0.2) is 11.4 Å². The number of nitrogens with zero attached hydrogens (tertiary/aromatic N) is 1. The quantitative estimate of drug-likeness (QED) is 0.743. The second kappa shape index (κ2) is 4.58. The highest BCUT2D eigenvalue weighted by molar-refractivity contribution is 8.00.